The van der Waals surface area contributed by atoms with Crippen LogP contribution in [0.25, 0.3) is 0 Å². The highest BCUT2D eigenvalue weighted by atomic mass is 19.4. The fourth-order valence-electron chi connectivity index (χ4n) is 1.75. The van der Waals surface area contributed by atoms with E-state index in [1.807, 2.05) is 6.92 Å². The first kappa shape index (κ1) is 15.5. The minimum absolute atomic E-state index is 0.287. The van der Waals surface area contributed by atoms with E-state index in [9.17, 15) is 18.0 Å². The van der Waals surface area contributed by atoms with Gasteiger partial charge in [0.25, 0.3) is 5.91 Å². The summed E-state index contributed by atoms with van der Waals surface area (Å²) in [6.07, 6.45) is -0.927. The zero-order chi connectivity index (χ0) is 14.6. The smallest absolute Gasteiger partial charge is 0.327 e. The monoisotopic (exact) mass is 274 g/mol. The normalized spacial score (nSPS) is 11.7. The summed E-state index contributed by atoms with van der Waals surface area (Å²) < 4.78 is 37.6. The van der Waals surface area contributed by atoms with E-state index < -0.39 is 24.7 Å². The molecule has 0 unspecified atom stereocenters. The van der Waals surface area contributed by atoms with Crippen molar-refractivity contribution in [2.45, 2.75) is 39.4 Å². The zero-order valence-electron chi connectivity index (χ0n) is 11.2. The van der Waals surface area contributed by atoms with Crippen LogP contribution in [0.2, 0.25) is 0 Å². The average Bonchev–Trinajstić information content (AvgIpc) is 2.33. The summed E-state index contributed by atoms with van der Waals surface area (Å²) >= 11 is 0. The summed E-state index contributed by atoms with van der Waals surface area (Å²) in [7, 11) is 0. The van der Waals surface area contributed by atoms with Crippen LogP contribution in [0.1, 0.15) is 36.7 Å². The van der Waals surface area contributed by atoms with Crippen molar-refractivity contribution in [1.29, 1.82) is 0 Å². The van der Waals surface area contributed by atoms with Crippen LogP contribution in [-0.4, -0.2) is 34.6 Å². The lowest BCUT2D eigenvalue weighted by atomic mass is 10.1. The van der Waals surface area contributed by atoms with Gasteiger partial charge in [0.1, 0.15) is 6.54 Å². The van der Waals surface area contributed by atoms with Crippen molar-refractivity contribution < 1.29 is 18.0 Å². The number of aryl methyl sites for hydroxylation is 1. The number of hydrogen-bond donors (Lipinski definition) is 0. The number of alkyl halides is 3. The summed E-state index contributed by atoms with van der Waals surface area (Å²) in [6, 6.07) is 0.944. The van der Waals surface area contributed by atoms with Gasteiger partial charge in [-0.15, -0.1) is 0 Å². The molecule has 0 aliphatic carbocycles. The van der Waals surface area contributed by atoms with E-state index in [0.29, 0.717) is 12.0 Å². The van der Waals surface area contributed by atoms with Gasteiger partial charge in [0.2, 0.25) is 0 Å². The van der Waals surface area contributed by atoms with Crippen LogP contribution >= 0.6 is 0 Å². The van der Waals surface area contributed by atoms with Gasteiger partial charge in [-0.05, 0) is 31.9 Å². The Morgan fingerprint density at radius 2 is 2.05 bits per heavy atom. The molecule has 0 aromatic carbocycles. The topological polar surface area (TPSA) is 33.2 Å². The molecule has 0 aliphatic rings. The number of carbonyl (C=O) groups excluding carboxylic acids is 1. The summed E-state index contributed by atoms with van der Waals surface area (Å²) in [5.74, 6) is -0.605. The van der Waals surface area contributed by atoms with E-state index in [4.69, 9.17) is 0 Å². The Morgan fingerprint density at radius 1 is 1.42 bits per heavy atom. The van der Waals surface area contributed by atoms with Crippen molar-refractivity contribution in [2.75, 3.05) is 6.54 Å². The Morgan fingerprint density at radius 3 is 2.53 bits per heavy atom. The lowest BCUT2D eigenvalue weighted by Crippen LogP contribution is -2.43. The van der Waals surface area contributed by atoms with Gasteiger partial charge in [-0.1, -0.05) is 6.92 Å². The SMILES string of the molecule is CCc1cnccc1C(=O)N(CC(F)(F)F)C(C)C. The van der Waals surface area contributed by atoms with Crippen molar-refractivity contribution in [3.05, 3.63) is 29.6 Å². The number of hydrogen-bond acceptors (Lipinski definition) is 2. The maximum absolute atomic E-state index is 12.5. The standard InChI is InChI=1S/C13H17F3N2O/c1-4-10-7-17-6-5-11(10)12(19)18(9(2)3)8-13(14,15)16/h5-7,9H,4,8H2,1-3H3. The number of pyridine rings is 1. The van der Waals surface area contributed by atoms with Crippen LogP contribution in [-0.2, 0) is 6.42 Å². The Bertz CT molecular complexity index is 444. The number of halogens is 3. The molecule has 1 rings (SSSR count). The summed E-state index contributed by atoms with van der Waals surface area (Å²) in [5.41, 5.74) is 0.941. The third-order valence-corrected chi connectivity index (χ3v) is 2.75. The minimum Gasteiger partial charge on any atom is -0.327 e. The highest BCUT2D eigenvalue weighted by molar-refractivity contribution is 5.95. The molecule has 106 valence electrons. The molecule has 0 atom stereocenters. The van der Waals surface area contributed by atoms with E-state index in [-0.39, 0.29) is 5.56 Å². The lowest BCUT2D eigenvalue weighted by molar-refractivity contribution is -0.143. The highest BCUT2D eigenvalue weighted by Gasteiger charge is 2.34. The van der Waals surface area contributed by atoms with E-state index in [1.54, 1.807) is 13.8 Å². The van der Waals surface area contributed by atoms with E-state index in [2.05, 4.69) is 4.98 Å². The maximum Gasteiger partial charge on any atom is 0.406 e. The predicted molar refractivity (Wildman–Crippen MR) is 65.8 cm³/mol. The van der Waals surface area contributed by atoms with Crippen LogP contribution in [0, 0.1) is 0 Å². The third kappa shape index (κ3) is 4.22. The first-order valence-corrected chi connectivity index (χ1v) is 6.07. The van der Waals surface area contributed by atoms with E-state index in [0.717, 1.165) is 4.90 Å². The van der Waals surface area contributed by atoms with Gasteiger partial charge in [-0.25, -0.2) is 0 Å². The first-order valence-electron chi connectivity index (χ1n) is 6.07. The molecule has 0 spiro atoms. The van der Waals surface area contributed by atoms with Crippen molar-refractivity contribution >= 4 is 5.91 Å². The van der Waals surface area contributed by atoms with E-state index in [1.165, 1.54) is 18.5 Å². The third-order valence-electron chi connectivity index (χ3n) is 2.75. The Labute approximate surface area is 110 Å². The number of rotatable bonds is 4. The molecule has 1 aromatic heterocycles. The Hall–Kier alpha value is -1.59. The lowest BCUT2D eigenvalue weighted by Gasteiger charge is -2.28. The molecule has 19 heavy (non-hydrogen) atoms. The number of amides is 1. The fourth-order valence-corrected chi connectivity index (χ4v) is 1.75. The fraction of sp³-hybridized carbons (Fsp3) is 0.538. The number of aromatic nitrogens is 1. The minimum atomic E-state index is -4.40. The van der Waals surface area contributed by atoms with Crippen molar-refractivity contribution in [3.63, 3.8) is 0 Å². The predicted octanol–water partition coefficient (Wildman–Crippen LogP) is 3.06. The second-order valence-corrected chi connectivity index (χ2v) is 4.53. The van der Waals surface area contributed by atoms with E-state index >= 15 is 0 Å². The zero-order valence-corrected chi connectivity index (χ0v) is 11.2. The summed E-state index contributed by atoms with van der Waals surface area (Å²) in [5, 5.41) is 0. The van der Waals surface area contributed by atoms with Crippen molar-refractivity contribution in [2.24, 2.45) is 0 Å². The van der Waals surface area contributed by atoms with Gasteiger partial charge in [-0.3, -0.25) is 9.78 Å². The first-order chi connectivity index (χ1) is 8.76. The average molecular weight is 274 g/mol. The number of nitrogens with zero attached hydrogens (tertiary/aromatic N) is 2. The van der Waals surface area contributed by atoms with Crippen LogP contribution in [0.5, 0.6) is 0 Å². The molecule has 0 N–H and O–H groups in total. The quantitative estimate of drug-likeness (QED) is 0.845. The Balaban J connectivity index is 3.06. The summed E-state index contributed by atoms with van der Waals surface area (Å²) in [4.78, 5) is 17.0. The molecule has 1 aromatic rings. The largest absolute Gasteiger partial charge is 0.406 e. The van der Waals surface area contributed by atoms with Crippen molar-refractivity contribution in [1.82, 2.24) is 9.88 Å². The molecule has 0 bridgehead atoms. The molecule has 1 heterocycles. The highest BCUT2D eigenvalue weighted by Crippen LogP contribution is 2.21. The van der Waals surface area contributed by atoms with Crippen LogP contribution < -0.4 is 0 Å². The molecule has 3 nitrogen and oxygen atoms in total. The molecule has 0 saturated heterocycles. The summed E-state index contributed by atoms with van der Waals surface area (Å²) in [6.45, 7) is 3.72. The second-order valence-electron chi connectivity index (χ2n) is 4.53. The van der Waals surface area contributed by atoms with Gasteiger partial charge in [-0.2, -0.15) is 13.2 Å². The molecular formula is C13H17F3N2O. The van der Waals surface area contributed by atoms with Gasteiger partial charge < -0.3 is 4.90 Å². The van der Waals surface area contributed by atoms with Crippen molar-refractivity contribution in [3.8, 4) is 0 Å². The molecular weight excluding hydrogens is 257 g/mol. The Kier molecular flexibility index (Phi) is 4.91. The molecule has 0 fully saturated rings. The number of carbonyl (C=O) groups is 1. The van der Waals surface area contributed by atoms with Gasteiger partial charge >= 0.3 is 6.18 Å². The van der Waals surface area contributed by atoms with Gasteiger partial charge in [0, 0.05) is 24.0 Å². The molecule has 0 radical (unpaired) electrons. The van der Waals surface area contributed by atoms with Crippen LogP contribution in [0.3, 0.4) is 0 Å². The second kappa shape index (κ2) is 6.04. The van der Waals surface area contributed by atoms with Crippen LogP contribution in [0.15, 0.2) is 18.5 Å². The molecule has 0 saturated carbocycles. The molecule has 1 amide bonds. The van der Waals surface area contributed by atoms with Gasteiger partial charge in [0.05, 0.1) is 0 Å². The van der Waals surface area contributed by atoms with Gasteiger partial charge in [0.15, 0.2) is 0 Å². The molecule has 0 aliphatic heterocycles. The molecule has 6 heteroatoms. The maximum atomic E-state index is 12.5. The van der Waals surface area contributed by atoms with Crippen LogP contribution in [0.4, 0.5) is 13.2 Å².